The number of aliphatic imine (C=N–C) groups is 1. The van der Waals surface area contributed by atoms with Gasteiger partial charge < -0.3 is 10.3 Å². The summed E-state index contributed by atoms with van der Waals surface area (Å²) >= 11 is 0. The molecule has 0 unspecified atom stereocenters. The molecule has 0 aliphatic carbocycles. The number of nitrogens with one attached hydrogen (secondary N) is 1. The number of nitro groups is 1. The van der Waals surface area contributed by atoms with Crippen LogP contribution in [-0.2, 0) is 6.54 Å². The normalized spacial score (nSPS) is 12.0. The molecule has 0 bridgehead atoms. The van der Waals surface area contributed by atoms with Gasteiger partial charge >= 0.3 is 11.2 Å². The lowest BCUT2D eigenvalue weighted by Gasteiger charge is -2.04. The molecule has 0 radical (unpaired) electrons. The molecule has 152 valence electrons. The largest absolute Gasteiger partial charge is 0.396 e. The molecule has 1 aromatic carbocycles. The minimum absolute atomic E-state index is 0.0655. The first-order valence-electron chi connectivity index (χ1n) is 8.19. The van der Waals surface area contributed by atoms with E-state index in [-0.39, 0.29) is 29.5 Å². The van der Waals surface area contributed by atoms with Crippen LogP contribution < -0.4 is 11.3 Å². The van der Waals surface area contributed by atoms with Crippen molar-refractivity contribution in [3.63, 3.8) is 0 Å². The first-order valence-corrected chi connectivity index (χ1v) is 8.19. The van der Waals surface area contributed by atoms with Gasteiger partial charge in [0.15, 0.2) is 5.82 Å². The zero-order chi connectivity index (χ0) is 21.7. The van der Waals surface area contributed by atoms with Crippen molar-refractivity contribution >= 4 is 22.9 Å². The van der Waals surface area contributed by atoms with Crippen molar-refractivity contribution in [1.29, 1.82) is 0 Å². The van der Waals surface area contributed by atoms with Gasteiger partial charge in [0.1, 0.15) is 17.8 Å². The van der Waals surface area contributed by atoms with Gasteiger partial charge in [0.2, 0.25) is 0 Å². The zero-order valence-corrected chi connectivity index (χ0v) is 15.0. The van der Waals surface area contributed by atoms with Gasteiger partial charge in [-0.1, -0.05) is 23.4 Å². The summed E-state index contributed by atoms with van der Waals surface area (Å²) in [6.45, 7) is -0.0655. The third-order valence-corrected chi connectivity index (χ3v) is 3.79. The number of rotatable bonds is 7. The molecule has 13 heteroatoms. The number of nitrogens with two attached hydrogens (primary N) is 1. The number of nitrogens with zero attached hydrogens (tertiary/aromatic N) is 5. The third kappa shape index (κ3) is 4.30. The number of halogens is 1. The fourth-order valence-corrected chi connectivity index (χ4v) is 2.38. The van der Waals surface area contributed by atoms with Crippen LogP contribution in [-0.4, -0.2) is 25.8 Å². The van der Waals surface area contributed by atoms with Crippen molar-refractivity contribution in [2.24, 2.45) is 15.9 Å². The van der Waals surface area contributed by atoms with Crippen LogP contribution in [0.1, 0.15) is 17.1 Å². The van der Waals surface area contributed by atoms with Gasteiger partial charge in [0.25, 0.3) is 5.82 Å². The second kappa shape index (κ2) is 8.64. The lowest BCUT2D eigenvalue weighted by atomic mass is 10.2. The highest BCUT2D eigenvalue weighted by Crippen LogP contribution is 2.20. The van der Waals surface area contributed by atoms with E-state index >= 15 is 0 Å². The molecule has 0 atom stereocenters. The van der Waals surface area contributed by atoms with Crippen LogP contribution in [0.15, 0.2) is 62.2 Å². The van der Waals surface area contributed by atoms with E-state index in [0.29, 0.717) is 5.56 Å². The van der Waals surface area contributed by atoms with E-state index in [4.69, 9.17) is 10.3 Å². The molecule has 2 heterocycles. The molecule has 0 aliphatic heterocycles. The minimum Gasteiger partial charge on any atom is -0.396 e. The molecule has 0 aliphatic rings. The fraction of sp³-hybridized carbons (Fsp3) is 0.0588. The van der Waals surface area contributed by atoms with E-state index in [1.807, 2.05) is 0 Å². The molecule has 0 fully saturated rings. The molecule has 3 rings (SSSR count). The van der Waals surface area contributed by atoms with Crippen LogP contribution >= 0.6 is 0 Å². The van der Waals surface area contributed by atoms with Crippen LogP contribution in [0.4, 0.5) is 15.9 Å². The lowest BCUT2D eigenvalue weighted by Crippen LogP contribution is -2.17. The predicted molar refractivity (Wildman–Crippen MR) is 102 cm³/mol. The van der Waals surface area contributed by atoms with E-state index in [9.17, 15) is 24.2 Å². The predicted octanol–water partition coefficient (Wildman–Crippen LogP) is 2.19. The van der Waals surface area contributed by atoms with Gasteiger partial charge in [-0.25, -0.2) is 4.39 Å². The molecule has 0 amide bonds. The maximum atomic E-state index is 13.9. The number of H-pyrrole nitrogens is 1. The summed E-state index contributed by atoms with van der Waals surface area (Å²) in [7, 11) is 0. The van der Waals surface area contributed by atoms with Crippen molar-refractivity contribution in [2.45, 2.75) is 6.54 Å². The van der Waals surface area contributed by atoms with Gasteiger partial charge in [0.05, 0.1) is 22.9 Å². The maximum Gasteiger partial charge on any atom is 0.381 e. The van der Waals surface area contributed by atoms with Crippen LogP contribution in [0, 0.1) is 20.8 Å². The topological polar surface area (TPSA) is 183 Å². The second-order valence-corrected chi connectivity index (χ2v) is 5.71. The lowest BCUT2D eigenvalue weighted by molar-refractivity contribution is -0.385. The molecular formula is C17H12FN7O5. The van der Waals surface area contributed by atoms with E-state index in [0.717, 1.165) is 0 Å². The van der Waals surface area contributed by atoms with E-state index in [1.165, 1.54) is 30.5 Å². The molecular weight excluding hydrogens is 401 g/mol. The molecule has 3 N–H and O–H groups in total. The number of aromatic amines is 1. The SMILES string of the molecule is NC(=CC(=NCc1ccccc1F)c1ccon1)c1nc(N=O)c([N+](=O)[O-])c(=O)[nH]1. The minimum atomic E-state index is -1.21. The Morgan fingerprint density at radius 3 is 2.77 bits per heavy atom. The molecule has 2 aromatic heterocycles. The maximum absolute atomic E-state index is 13.9. The van der Waals surface area contributed by atoms with E-state index < -0.39 is 27.8 Å². The van der Waals surface area contributed by atoms with Gasteiger partial charge in [-0.2, -0.15) is 4.98 Å². The number of hydrogen-bond acceptors (Lipinski definition) is 10. The van der Waals surface area contributed by atoms with Crippen molar-refractivity contribution in [3.05, 3.63) is 90.9 Å². The summed E-state index contributed by atoms with van der Waals surface area (Å²) in [6.07, 6.45) is 2.51. The van der Waals surface area contributed by atoms with E-state index in [1.54, 1.807) is 12.1 Å². The molecule has 30 heavy (non-hydrogen) atoms. The molecule has 0 saturated heterocycles. The number of hydrogen-bond donors (Lipinski definition) is 2. The van der Waals surface area contributed by atoms with Gasteiger partial charge in [-0.05, 0) is 17.3 Å². The Morgan fingerprint density at radius 1 is 1.37 bits per heavy atom. The van der Waals surface area contributed by atoms with Crippen molar-refractivity contribution in [3.8, 4) is 0 Å². The summed E-state index contributed by atoms with van der Waals surface area (Å²) in [5, 5.41) is 17.0. The van der Waals surface area contributed by atoms with Crippen LogP contribution in [0.2, 0.25) is 0 Å². The molecule has 3 aromatic rings. The molecule has 0 saturated carbocycles. The number of aromatic nitrogens is 3. The Hall–Kier alpha value is -4.55. The fourth-order valence-electron chi connectivity index (χ4n) is 2.38. The van der Waals surface area contributed by atoms with Crippen LogP contribution in [0.5, 0.6) is 0 Å². The molecule has 12 nitrogen and oxygen atoms in total. The Kier molecular flexibility index (Phi) is 5.81. The standard InChI is InChI=1S/C17H12FN7O5/c18-10-4-2-1-3-9(10)8-20-13(12-5-6-30-24-12)7-11(19)15-21-16(23-27)14(25(28)29)17(26)22-15/h1-7H,8,19H2,(H,21,22,26). The quantitative estimate of drug-likeness (QED) is 0.255. The average molecular weight is 413 g/mol. The summed E-state index contributed by atoms with van der Waals surface area (Å²) in [5.74, 6) is -1.73. The highest BCUT2D eigenvalue weighted by molar-refractivity contribution is 6.10. The zero-order valence-electron chi connectivity index (χ0n) is 15.0. The average Bonchev–Trinajstić information content (AvgIpc) is 3.25. The Bertz CT molecular complexity index is 1220. The smallest absolute Gasteiger partial charge is 0.381 e. The highest BCUT2D eigenvalue weighted by atomic mass is 19.1. The summed E-state index contributed by atoms with van der Waals surface area (Å²) < 4.78 is 18.6. The van der Waals surface area contributed by atoms with Gasteiger partial charge in [-0.15, -0.1) is 4.91 Å². The van der Waals surface area contributed by atoms with Crippen molar-refractivity contribution in [1.82, 2.24) is 15.1 Å². The number of nitroso groups, excluding NO2 is 1. The first-order chi connectivity index (χ1) is 14.4. The van der Waals surface area contributed by atoms with Crippen LogP contribution in [0.25, 0.3) is 5.70 Å². The molecule has 0 spiro atoms. The number of benzene rings is 1. The highest BCUT2D eigenvalue weighted by Gasteiger charge is 2.24. The Morgan fingerprint density at radius 2 is 2.13 bits per heavy atom. The summed E-state index contributed by atoms with van der Waals surface area (Å²) in [4.78, 5) is 42.5. The third-order valence-electron chi connectivity index (χ3n) is 3.79. The number of allylic oxidation sites excluding steroid dienone is 1. The van der Waals surface area contributed by atoms with Gasteiger partial charge in [-0.3, -0.25) is 24.9 Å². The monoisotopic (exact) mass is 413 g/mol. The first kappa shape index (κ1) is 20.2. The van der Waals surface area contributed by atoms with Gasteiger partial charge in [0, 0.05) is 11.6 Å². The van der Waals surface area contributed by atoms with Crippen molar-refractivity contribution in [2.75, 3.05) is 0 Å². The Labute approximate surface area is 166 Å². The summed E-state index contributed by atoms with van der Waals surface area (Å²) in [5.41, 5.74) is 4.10. The second-order valence-electron chi connectivity index (χ2n) is 5.71. The Balaban J connectivity index is 2.03. The van der Waals surface area contributed by atoms with E-state index in [2.05, 4.69) is 25.3 Å². The van der Waals surface area contributed by atoms with Crippen LogP contribution in [0.3, 0.4) is 0 Å². The van der Waals surface area contributed by atoms with Crippen molar-refractivity contribution < 1.29 is 13.8 Å². The summed E-state index contributed by atoms with van der Waals surface area (Å²) in [6, 6.07) is 7.48.